The Bertz CT molecular complexity index is 344. The number of hydrogen-bond donors (Lipinski definition) is 1. The maximum atomic E-state index is 12.9. The molecule has 1 aliphatic heterocycles. The predicted octanol–water partition coefficient (Wildman–Crippen LogP) is 2.57. The first-order chi connectivity index (χ1) is 6.33. The summed E-state index contributed by atoms with van der Waals surface area (Å²) in [6, 6.07) is 5.62. The van der Waals surface area contributed by atoms with E-state index in [9.17, 15) is 4.39 Å². The van der Waals surface area contributed by atoms with E-state index in [1.165, 1.54) is 18.9 Å². The van der Waals surface area contributed by atoms with Gasteiger partial charge in [-0.25, -0.2) is 4.39 Å². The van der Waals surface area contributed by atoms with Crippen LogP contribution in [0, 0.1) is 11.7 Å². The molecule has 1 heterocycles. The summed E-state index contributed by atoms with van der Waals surface area (Å²) >= 11 is 0. The maximum absolute atomic E-state index is 12.9. The third kappa shape index (κ3) is 1.21. The van der Waals surface area contributed by atoms with E-state index in [1.807, 2.05) is 6.07 Å². The summed E-state index contributed by atoms with van der Waals surface area (Å²) in [7, 11) is 0. The van der Waals surface area contributed by atoms with Crippen molar-refractivity contribution in [2.24, 2.45) is 5.92 Å². The lowest BCUT2D eigenvalue weighted by Crippen LogP contribution is -2.17. The van der Waals surface area contributed by atoms with Crippen LogP contribution in [0.4, 0.5) is 10.1 Å². The topological polar surface area (TPSA) is 12.0 Å². The predicted molar refractivity (Wildman–Crippen MR) is 50.2 cm³/mol. The van der Waals surface area contributed by atoms with Crippen molar-refractivity contribution in [1.29, 1.82) is 0 Å². The Morgan fingerprint density at radius 3 is 2.92 bits per heavy atom. The summed E-state index contributed by atoms with van der Waals surface area (Å²) in [5.74, 6) is 0.729. The third-order valence-electron chi connectivity index (χ3n) is 3.04. The van der Waals surface area contributed by atoms with Crippen molar-refractivity contribution >= 4 is 5.69 Å². The van der Waals surface area contributed by atoms with Gasteiger partial charge in [-0.1, -0.05) is 0 Å². The van der Waals surface area contributed by atoms with Crippen LogP contribution in [0.15, 0.2) is 18.2 Å². The first-order valence-corrected chi connectivity index (χ1v) is 4.88. The Morgan fingerprint density at radius 2 is 2.15 bits per heavy atom. The highest BCUT2D eigenvalue weighted by Gasteiger charge is 2.34. The van der Waals surface area contributed by atoms with Gasteiger partial charge in [0.15, 0.2) is 0 Å². The lowest BCUT2D eigenvalue weighted by molar-refractivity contribution is 0.623. The maximum Gasteiger partial charge on any atom is 0.123 e. The van der Waals surface area contributed by atoms with E-state index < -0.39 is 0 Å². The fourth-order valence-electron chi connectivity index (χ4n) is 2.14. The van der Waals surface area contributed by atoms with Crippen molar-refractivity contribution in [3.8, 4) is 0 Å². The van der Waals surface area contributed by atoms with Gasteiger partial charge in [-0.3, -0.25) is 0 Å². The monoisotopic (exact) mass is 177 g/mol. The second-order valence-corrected chi connectivity index (χ2v) is 4.09. The summed E-state index contributed by atoms with van der Waals surface area (Å²) in [6.45, 7) is 0. The zero-order valence-electron chi connectivity index (χ0n) is 7.39. The number of hydrogen-bond acceptors (Lipinski definition) is 1. The lowest BCUT2D eigenvalue weighted by atomic mass is 10.1. The zero-order chi connectivity index (χ0) is 8.84. The van der Waals surface area contributed by atoms with Crippen LogP contribution in [-0.2, 0) is 6.42 Å². The van der Waals surface area contributed by atoms with Crippen LogP contribution in [0.3, 0.4) is 0 Å². The first-order valence-electron chi connectivity index (χ1n) is 4.88. The minimum atomic E-state index is -0.114. The molecule has 0 saturated heterocycles. The molecule has 1 aromatic rings. The largest absolute Gasteiger partial charge is 0.381 e. The van der Waals surface area contributed by atoms with Gasteiger partial charge in [0.1, 0.15) is 5.82 Å². The van der Waals surface area contributed by atoms with Crippen LogP contribution in [0.1, 0.15) is 18.4 Å². The molecule has 1 atom stereocenters. The van der Waals surface area contributed by atoms with Crippen LogP contribution in [0.25, 0.3) is 0 Å². The minimum absolute atomic E-state index is 0.114. The number of rotatable bonds is 1. The van der Waals surface area contributed by atoms with E-state index in [-0.39, 0.29) is 5.82 Å². The van der Waals surface area contributed by atoms with Gasteiger partial charge in [0.25, 0.3) is 0 Å². The molecule has 1 unspecified atom stereocenters. The van der Waals surface area contributed by atoms with Gasteiger partial charge < -0.3 is 5.32 Å². The van der Waals surface area contributed by atoms with Crippen molar-refractivity contribution in [3.05, 3.63) is 29.6 Å². The van der Waals surface area contributed by atoms with Gasteiger partial charge in [0.05, 0.1) is 0 Å². The van der Waals surface area contributed by atoms with E-state index in [0.29, 0.717) is 6.04 Å². The number of halogens is 1. The molecule has 1 saturated carbocycles. The van der Waals surface area contributed by atoms with Gasteiger partial charge in [-0.15, -0.1) is 0 Å². The average molecular weight is 177 g/mol. The summed E-state index contributed by atoms with van der Waals surface area (Å²) in [5, 5.41) is 3.46. The Morgan fingerprint density at radius 1 is 1.31 bits per heavy atom. The Balaban J connectivity index is 1.90. The highest BCUT2D eigenvalue weighted by molar-refractivity contribution is 5.57. The molecule has 0 spiro atoms. The highest BCUT2D eigenvalue weighted by Crippen LogP contribution is 2.40. The Labute approximate surface area is 77.0 Å². The second kappa shape index (κ2) is 2.47. The molecule has 68 valence electrons. The standard InChI is InChI=1S/C11H12FN/c12-9-3-4-10-8(5-9)6-11(13-10)7-1-2-7/h3-5,7,11,13H,1-2,6H2. The molecule has 1 aliphatic carbocycles. The normalized spacial score (nSPS) is 25.5. The lowest BCUT2D eigenvalue weighted by Gasteiger charge is -2.07. The van der Waals surface area contributed by atoms with E-state index >= 15 is 0 Å². The van der Waals surface area contributed by atoms with Gasteiger partial charge in [-0.05, 0) is 48.9 Å². The van der Waals surface area contributed by atoms with E-state index in [1.54, 1.807) is 6.07 Å². The Hall–Kier alpha value is -1.05. The SMILES string of the molecule is Fc1ccc2c(c1)CC(C1CC1)N2. The molecule has 1 N–H and O–H groups in total. The van der Waals surface area contributed by atoms with Gasteiger partial charge in [-0.2, -0.15) is 0 Å². The smallest absolute Gasteiger partial charge is 0.123 e. The van der Waals surface area contributed by atoms with Crippen molar-refractivity contribution in [1.82, 2.24) is 0 Å². The van der Waals surface area contributed by atoms with Crippen LogP contribution in [0.2, 0.25) is 0 Å². The molecule has 2 heteroatoms. The van der Waals surface area contributed by atoms with Crippen molar-refractivity contribution in [2.75, 3.05) is 5.32 Å². The zero-order valence-corrected chi connectivity index (χ0v) is 7.39. The fourth-order valence-corrected chi connectivity index (χ4v) is 2.14. The second-order valence-electron chi connectivity index (χ2n) is 4.09. The quantitative estimate of drug-likeness (QED) is 0.695. The number of fused-ring (bicyclic) bond motifs is 1. The molecule has 0 aromatic heterocycles. The molecule has 13 heavy (non-hydrogen) atoms. The summed E-state index contributed by atoms with van der Waals surface area (Å²) in [4.78, 5) is 0. The summed E-state index contributed by atoms with van der Waals surface area (Å²) in [6.07, 6.45) is 3.69. The number of anilines is 1. The highest BCUT2D eigenvalue weighted by atomic mass is 19.1. The molecule has 0 radical (unpaired) electrons. The molecular weight excluding hydrogens is 165 g/mol. The molecule has 0 bridgehead atoms. The average Bonchev–Trinajstić information content (AvgIpc) is 2.87. The Kier molecular flexibility index (Phi) is 1.40. The van der Waals surface area contributed by atoms with E-state index in [0.717, 1.165) is 23.6 Å². The van der Waals surface area contributed by atoms with E-state index in [2.05, 4.69) is 5.32 Å². The van der Waals surface area contributed by atoms with Gasteiger partial charge in [0.2, 0.25) is 0 Å². The molecule has 0 amide bonds. The van der Waals surface area contributed by atoms with Crippen molar-refractivity contribution in [3.63, 3.8) is 0 Å². The van der Waals surface area contributed by atoms with E-state index in [4.69, 9.17) is 0 Å². The summed E-state index contributed by atoms with van der Waals surface area (Å²) < 4.78 is 12.9. The van der Waals surface area contributed by atoms with Crippen LogP contribution >= 0.6 is 0 Å². The van der Waals surface area contributed by atoms with Gasteiger partial charge >= 0.3 is 0 Å². The molecule has 1 nitrogen and oxygen atoms in total. The molecular formula is C11H12FN. The third-order valence-corrected chi connectivity index (χ3v) is 3.04. The minimum Gasteiger partial charge on any atom is -0.381 e. The molecule has 1 aromatic carbocycles. The van der Waals surface area contributed by atoms with Crippen LogP contribution < -0.4 is 5.32 Å². The first kappa shape index (κ1) is 7.36. The van der Waals surface area contributed by atoms with Crippen LogP contribution in [-0.4, -0.2) is 6.04 Å². The summed E-state index contributed by atoms with van der Waals surface area (Å²) in [5.41, 5.74) is 2.29. The van der Waals surface area contributed by atoms with Gasteiger partial charge in [0, 0.05) is 11.7 Å². The number of nitrogens with one attached hydrogen (secondary N) is 1. The van der Waals surface area contributed by atoms with Crippen molar-refractivity contribution in [2.45, 2.75) is 25.3 Å². The fraction of sp³-hybridized carbons (Fsp3) is 0.455. The van der Waals surface area contributed by atoms with Crippen molar-refractivity contribution < 1.29 is 4.39 Å². The van der Waals surface area contributed by atoms with Crippen LogP contribution in [0.5, 0.6) is 0 Å². The molecule has 2 aliphatic rings. The molecule has 1 fully saturated rings. The number of benzene rings is 1. The molecule has 3 rings (SSSR count).